The van der Waals surface area contributed by atoms with E-state index in [9.17, 15) is 0 Å². The molecule has 0 radical (unpaired) electrons. The molecular formula is C11H10BrClN2O. The van der Waals surface area contributed by atoms with Crippen molar-refractivity contribution >= 4 is 38.6 Å². The largest absolute Gasteiger partial charge is 0.458 e. The first-order valence-electron chi connectivity index (χ1n) is 5.23. The molecule has 0 amide bonds. The van der Waals surface area contributed by atoms with Crippen LogP contribution in [0.4, 0.5) is 0 Å². The smallest absolute Gasteiger partial charge is 0.154 e. The number of nitrogens with zero attached hydrogens (tertiary/aromatic N) is 1. The molecule has 5 heteroatoms. The van der Waals surface area contributed by atoms with Crippen molar-refractivity contribution in [3.63, 3.8) is 0 Å². The Morgan fingerprint density at radius 2 is 2.38 bits per heavy atom. The highest BCUT2D eigenvalue weighted by Gasteiger charge is 2.20. The van der Waals surface area contributed by atoms with Gasteiger partial charge in [-0.05, 0) is 35.3 Å². The summed E-state index contributed by atoms with van der Waals surface area (Å²) in [5, 5.41) is 3.87. The highest BCUT2D eigenvalue weighted by atomic mass is 79.9. The summed E-state index contributed by atoms with van der Waals surface area (Å²) in [6.45, 7) is 1.06. The van der Waals surface area contributed by atoms with Crippen LogP contribution in [-0.4, -0.2) is 11.5 Å². The highest BCUT2D eigenvalue weighted by molar-refractivity contribution is 9.10. The minimum atomic E-state index is 0.326. The molecule has 0 unspecified atom stereocenters. The molecule has 0 aliphatic carbocycles. The van der Waals surface area contributed by atoms with E-state index in [0.717, 1.165) is 34.3 Å². The third kappa shape index (κ3) is 1.75. The van der Waals surface area contributed by atoms with Gasteiger partial charge in [-0.25, -0.2) is 4.98 Å². The lowest BCUT2D eigenvalue weighted by molar-refractivity contribution is 0.470. The number of aromatic nitrogens is 1. The maximum atomic E-state index is 5.94. The maximum absolute atomic E-state index is 5.94. The number of fused-ring (bicyclic) bond motifs is 1. The molecule has 1 atom stereocenters. The van der Waals surface area contributed by atoms with Crippen LogP contribution in [0.3, 0.4) is 0 Å². The van der Waals surface area contributed by atoms with Crippen molar-refractivity contribution in [3.05, 3.63) is 27.5 Å². The van der Waals surface area contributed by atoms with Crippen molar-refractivity contribution < 1.29 is 4.42 Å². The number of hydrogen-bond acceptors (Lipinski definition) is 3. The molecule has 16 heavy (non-hydrogen) atoms. The summed E-state index contributed by atoms with van der Waals surface area (Å²) >= 11 is 9.28. The molecule has 0 saturated carbocycles. The van der Waals surface area contributed by atoms with E-state index < -0.39 is 0 Å². The van der Waals surface area contributed by atoms with Gasteiger partial charge >= 0.3 is 0 Å². The fourth-order valence-electron chi connectivity index (χ4n) is 2.04. The van der Waals surface area contributed by atoms with E-state index in [0.29, 0.717) is 11.2 Å². The Hall–Kier alpha value is -0.580. The molecular weight excluding hydrogens is 291 g/mol. The van der Waals surface area contributed by atoms with Crippen LogP contribution in [0.2, 0.25) is 5.15 Å². The van der Waals surface area contributed by atoms with Gasteiger partial charge in [-0.3, -0.25) is 0 Å². The first-order chi connectivity index (χ1) is 7.74. The van der Waals surface area contributed by atoms with E-state index in [1.807, 2.05) is 12.1 Å². The monoisotopic (exact) mass is 300 g/mol. The van der Waals surface area contributed by atoms with Crippen molar-refractivity contribution in [2.24, 2.45) is 0 Å². The summed E-state index contributed by atoms with van der Waals surface area (Å²) in [4.78, 5) is 4.26. The summed E-state index contributed by atoms with van der Waals surface area (Å²) in [6.07, 6.45) is 2.31. The minimum absolute atomic E-state index is 0.326. The molecule has 2 aromatic rings. The molecule has 1 N–H and O–H groups in total. The van der Waals surface area contributed by atoms with Gasteiger partial charge in [-0.2, -0.15) is 0 Å². The van der Waals surface area contributed by atoms with Crippen LogP contribution in [0.1, 0.15) is 24.6 Å². The summed E-state index contributed by atoms with van der Waals surface area (Å²) in [5.41, 5.74) is 1.59. The third-order valence-electron chi connectivity index (χ3n) is 2.84. The number of rotatable bonds is 1. The predicted molar refractivity (Wildman–Crippen MR) is 66.7 cm³/mol. The topological polar surface area (TPSA) is 38.1 Å². The molecule has 0 aromatic carbocycles. The van der Waals surface area contributed by atoms with Gasteiger partial charge in [-0.1, -0.05) is 11.6 Å². The number of halogens is 2. The van der Waals surface area contributed by atoms with E-state index >= 15 is 0 Å². The van der Waals surface area contributed by atoms with Crippen molar-refractivity contribution in [2.75, 3.05) is 6.54 Å². The zero-order chi connectivity index (χ0) is 11.1. The fourth-order valence-corrected chi connectivity index (χ4v) is 2.48. The van der Waals surface area contributed by atoms with Crippen LogP contribution in [0.15, 0.2) is 21.0 Å². The zero-order valence-corrected chi connectivity index (χ0v) is 10.8. The molecule has 1 saturated heterocycles. The van der Waals surface area contributed by atoms with Crippen molar-refractivity contribution in [3.8, 4) is 0 Å². The number of hydrogen-bond donors (Lipinski definition) is 1. The second-order valence-corrected chi connectivity index (χ2v) is 5.15. The molecule has 2 aromatic heterocycles. The Morgan fingerprint density at radius 1 is 1.50 bits per heavy atom. The summed E-state index contributed by atoms with van der Waals surface area (Å²) in [7, 11) is 0. The molecule has 0 bridgehead atoms. The lowest BCUT2D eigenvalue weighted by Gasteiger charge is -2.04. The molecule has 1 fully saturated rings. The van der Waals surface area contributed by atoms with E-state index in [4.69, 9.17) is 16.0 Å². The van der Waals surface area contributed by atoms with Crippen LogP contribution in [0, 0.1) is 0 Å². The van der Waals surface area contributed by atoms with E-state index in [1.54, 1.807) is 0 Å². The zero-order valence-electron chi connectivity index (χ0n) is 8.46. The fraction of sp³-hybridized carbons (Fsp3) is 0.364. The van der Waals surface area contributed by atoms with Gasteiger partial charge in [-0.15, -0.1) is 0 Å². The SMILES string of the molecule is Clc1nc2cc([C@@H]3CCCN3)oc2cc1Br. The van der Waals surface area contributed by atoms with Gasteiger partial charge in [0, 0.05) is 12.1 Å². The minimum Gasteiger partial charge on any atom is -0.458 e. The standard InChI is InChI=1S/C11H10BrClN2O/c12-6-4-9-8(15-11(6)13)5-10(16-9)7-2-1-3-14-7/h4-5,7,14H,1-3H2/t7-/m0/s1. The van der Waals surface area contributed by atoms with Gasteiger partial charge in [0.25, 0.3) is 0 Å². The average molecular weight is 302 g/mol. The van der Waals surface area contributed by atoms with Crippen LogP contribution < -0.4 is 5.32 Å². The Labute approximate surface area is 106 Å². The quantitative estimate of drug-likeness (QED) is 0.817. The Bertz CT molecular complexity index is 495. The van der Waals surface area contributed by atoms with Gasteiger partial charge in [0.1, 0.15) is 16.4 Å². The van der Waals surface area contributed by atoms with E-state index in [2.05, 4.69) is 26.2 Å². The first-order valence-corrected chi connectivity index (χ1v) is 6.40. The molecule has 3 nitrogen and oxygen atoms in total. The number of furan rings is 1. The maximum Gasteiger partial charge on any atom is 0.154 e. The van der Waals surface area contributed by atoms with Gasteiger partial charge in [0.05, 0.1) is 10.5 Å². The van der Waals surface area contributed by atoms with Crippen LogP contribution in [0.5, 0.6) is 0 Å². The van der Waals surface area contributed by atoms with Crippen LogP contribution in [0.25, 0.3) is 11.1 Å². The number of pyridine rings is 1. The molecule has 0 spiro atoms. The summed E-state index contributed by atoms with van der Waals surface area (Å²) < 4.78 is 6.54. The highest BCUT2D eigenvalue weighted by Crippen LogP contribution is 2.31. The summed E-state index contributed by atoms with van der Waals surface area (Å²) in [5.74, 6) is 0.953. The Kier molecular flexibility index (Phi) is 2.65. The summed E-state index contributed by atoms with van der Waals surface area (Å²) in [6, 6.07) is 4.16. The third-order valence-corrected chi connectivity index (χ3v) is 3.96. The molecule has 1 aliphatic rings. The molecule has 84 valence electrons. The van der Waals surface area contributed by atoms with E-state index in [1.165, 1.54) is 6.42 Å². The van der Waals surface area contributed by atoms with Crippen molar-refractivity contribution in [2.45, 2.75) is 18.9 Å². The lowest BCUT2D eigenvalue weighted by Crippen LogP contribution is -2.11. The second kappa shape index (κ2) is 4.02. The molecule has 1 aliphatic heterocycles. The second-order valence-electron chi connectivity index (χ2n) is 3.94. The predicted octanol–water partition coefficient (Wildman–Crippen LogP) is 3.67. The molecule has 3 rings (SSSR count). The van der Waals surface area contributed by atoms with Crippen molar-refractivity contribution in [1.82, 2.24) is 10.3 Å². The normalized spacial score (nSPS) is 20.8. The van der Waals surface area contributed by atoms with Gasteiger partial charge in [0.2, 0.25) is 0 Å². The van der Waals surface area contributed by atoms with Gasteiger partial charge < -0.3 is 9.73 Å². The number of nitrogens with one attached hydrogen (secondary N) is 1. The Balaban J connectivity index is 2.08. The Morgan fingerprint density at radius 3 is 3.12 bits per heavy atom. The van der Waals surface area contributed by atoms with Crippen LogP contribution in [-0.2, 0) is 0 Å². The lowest BCUT2D eigenvalue weighted by atomic mass is 10.2. The van der Waals surface area contributed by atoms with E-state index in [-0.39, 0.29) is 0 Å². The van der Waals surface area contributed by atoms with Crippen LogP contribution >= 0.6 is 27.5 Å². The molecule has 3 heterocycles. The van der Waals surface area contributed by atoms with Crippen molar-refractivity contribution in [1.29, 1.82) is 0 Å². The average Bonchev–Trinajstić information content (AvgIpc) is 2.86. The van der Waals surface area contributed by atoms with Gasteiger partial charge in [0.15, 0.2) is 5.58 Å². The first kappa shape index (κ1) is 10.6.